The van der Waals surface area contributed by atoms with E-state index in [9.17, 15) is 9.59 Å². The molecule has 0 bridgehead atoms. The van der Waals surface area contributed by atoms with Gasteiger partial charge in [-0.25, -0.2) is 4.79 Å². The highest BCUT2D eigenvalue weighted by Gasteiger charge is 2.25. The van der Waals surface area contributed by atoms with Crippen LogP contribution in [0.15, 0.2) is 18.2 Å². The molecule has 0 atom stereocenters. The Bertz CT molecular complexity index is 484. The minimum Gasteiger partial charge on any atom is -0.482 e. The normalized spacial score (nSPS) is 14.1. The first-order chi connectivity index (χ1) is 8.63. The fourth-order valence-electron chi connectivity index (χ4n) is 1.90. The number of unbranched alkanes of at least 4 members (excludes halogenated alkanes) is 1. The molecule has 0 aromatic heterocycles. The second-order valence-corrected chi connectivity index (χ2v) is 4.18. The van der Waals surface area contributed by atoms with Crippen LogP contribution in [0.4, 0.5) is 5.69 Å². The second kappa shape index (κ2) is 5.08. The van der Waals surface area contributed by atoms with Crippen molar-refractivity contribution < 1.29 is 19.4 Å². The summed E-state index contributed by atoms with van der Waals surface area (Å²) in [5.74, 6) is -0.569. The number of carbonyl (C=O) groups is 2. The van der Waals surface area contributed by atoms with Crippen LogP contribution >= 0.6 is 0 Å². The first-order valence-electron chi connectivity index (χ1n) is 5.94. The van der Waals surface area contributed by atoms with Gasteiger partial charge in [0, 0.05) is 6.54 Å². The maximum absolute atomic E-state index is 11.8. The zero-order valence-corrected chi connectivity index (χ0v) is 10.2. The molecule has 5 nitrogen and oxygen atoms in total. The molecule has 0 spiro atoms. The van der Waals surface area contributed by atoms with E-state index in [4.69, 9.17) is 9.84 Å². The van der Waals surface area contributed by atoms with Gasteiger partial charge in [-0.3, -0.25) is 4.79 Å². The third kappa shape index (κ3) is 2.30. The van der Waals surface area contributed by atoms with Gasteiger partial charge in [0.1, 0.15) is 5.75 Å². The Morgan fingerprint density at radius 1 is 1.50 bits per heavy atom. The highest BCUT2D eigenvalue weighted by atomic mass is 16.5. The van der Waals surface area contributed by atoms with Gasteiger partial charge in [0.15, 0.2) is 6.61 Å². The van der Waals surface area contributed by atoms with E-state index in [0.717, 1.165) is 12.8 Å². The number of anilines is 1. The van der Waals surface area contributed by atoms with Crippen LogP contribution in [0.3, 0.4) is 0 Å². The lowest BCUT2D eigenvalue weighted by Crippen LogP contribution is -2.39. The van der Waals surface area contributed by atoms with Crippen LogP contribution in [-0.4, -0.2) is 30.1 Å². The van der Waals surface area contributed by atoms with Crippen LogP contribution < -0.4 is 9.64 Å². The Balaban J connectivity index is 2.36. The number of benzene rings is 1. The lowest BCUT2D eigenvalue weighted by Gasteiger charge is -2.29. The number of hydrogen-bond donors (Lipinski definition) is 1. The highest BCUT2D eigenvalue weighted by molar-refractivity contribution is 5.99. The number of hydrogen-bond acceptors (Lipinski definition) is 3. The summed E-state index contributed by atoms with van der Waals surface area (Å²) in [5.41, 5.74) is 0.716. The zero-order chi connectivity index (χ0) is 13.1. The minimum absolute atomic E-state index is 0.0170. The van der Waals surface area contributed by atoms with Gasteiger partial charge in [0.2, 0.25) is 0 Å². The molecule has 0 unspecified atom stereocenters. The number of carboxylic acids is 1. The molecule has 1 amide bonds. The summed E-state index contributed by atoms with van der Waals surface area (Å²) in [6.07, 6.45) is 1.85. The summed E-state index contributed by atoms with van der Waals surface area (Å²) in [7, 11) is 0. The lowest BCUT2D eigenvalue weighted by molar-refractivity contribution is -0.121. The fraction of sp³-hybridized carbons (Fsp3) is 0.385. The van der Waals surface area contributed by atoms with Crippen molar-refractivity contribution in [1.82, 2.24) is 0 Å². The Morgan fingerprint density at radius 3 is 2.94 bits per heavy atom. The third-order valence-corrected chi connectivity index (χ3v) is 2.88. The van der Waals surface area contributed by atoms with Gasteiger partial charge in [0.25, 0.3) is 5.91 Å². The van der Waals surface area contributed by atoms with Crippen molar-refractivity contribution in [2.75, 3.05) is 18.1 Å². The molecule has 1 N–H and O–H groups in total. The predicted molar refractivity (Wildman–Crippen MR) is 66.2 cm³/mol. The molecule has 1 aliphatic heterocycles. The van der Waals surface area contributed by atoms with E-state index in [1.165, 1.54) is 12.1 Å². The van der Waals surface area contributed by atoms with Crippen LogP contribution in [0.2, 0.25) is 0 Å². The van der Waals surface area contributed by atoms with Crippen molar-refractivity contribution in [2.24, 2.45) is 0 Å². The molecular formula is C13H15NO4. The van der Waals surface area contributed by atoms with Crippen molar-refractivity contribution in [2.45, 2.75) is 19.8 Å². The van der Waals surface area contributed by atoms with Crippen LogP contribution in [0.25, 0.3) is 0 Å². The smallest absolute Gasteiger partial charge is 0.335 e. The number of fused-ring (bicyclic) bond motifs is 1. The van der Waals surface area contributed by atoms with Gasteiger partial charge >= 0.3 is 5.97 Å². The molecule has 0 radical (unpaired) electrons. The quantitative estimate of drug-likeness (QED) is 0.885. The molecule has 1 aliphatic rings. The Hall–Kier alpha value is -2.04. The summed E-state index contributed by atoms with van der Waals surface area (Å²) in [6, 6.07) is 4.57. The van der Waals surface area contributed by atoms with E-state index in [1.54, 1.807) is 11.0 Å². The molecule has 1 aromatic carbocycles. The van der Waals surface area contributed by atoms with Crippen molar-refractivity contribution in [3.8, 4) is 5.75 Å². The molecule has 0 saturated carbocycles. The lowest BCUT2D eigenvalue weighted by atomic mass is 10.1. The molecule has 2 rings (SSSR count). The number of ether oxygens (including phenoxy) is 1. The van der Waals surface area contributed by atoms with Gasteiger partial charge in [-0.1, -0.05) is 13.3 Å². The van der Waals surface area contributed by atoms with Gasteiger partial charge in [-0.05, 0) is 24.6 Å². The van der Waals surface area contributed by atoms with Crippen molar-refractivity contribution >= 4 is 17.6 Å². The Labute approximate surface area is 105 Å². The van der Waals surface area contributed by atoms with Crippen molar-refractivity contribution in [1.29, 1.82) is 0 Å². The number of nitrogens with zero attached hydrogens (tertiary/aromatic N) is 1. The number of carboxylic acid groups (broad SMARTS) is 1. The molecule has 5 heteroatoms. The van der Waals surface area contributed by atoms with Crippen molar-refractivity contribution in [3.63, 3.8) is 0 Å². The van der Waals surface area contributed by atoms with Gasteiger partial charge in [-0.2, -0.15) is 0 Å². The maximum atomic E-state index is 11.8. The number of rotatable bonds is 4. The van der Waals surface area contributed by atoms with E-state index in [2.05, 4.69) is 0 Å². The summed E-state index contributed by atoms with van der Waals surface area (Å²) in [5, 5.41) is 8.97. The standard InChI is InChI=1S/C13H15NO4/c1-2-3-6-14-10-7-9(13(16)17)4-5-11(10)18-8-12(14)15/h4-5,7H,2-3,6,8H2,1H3,(H,16,17). The van der Waals surface area contributed by atoms with E-state index in [0.29, 0.717) is 18.0 Å². The SMILES string of the molecule is CCCCN1C(=O)COc2ccc(C(=O)O)cc21. The van der Waals surface area contributed by atoms with Crippen LogP contribution in [0, 0.1) is 0 Å². The minimum atomic E-state index is -1.01. The van der Waals surface area contributed by atoms with Crippen LogP contribution in [-0.2, 0) is 4.79 Å². The fourth-order valence-corrected chi connectivity index (χ4v) is 1.90. The molecule has 96 valence electrons. The summed E-state index contributed by atoms with van der Waals surface area (Å²) in [4.78, 5) is 24.3. The molecule has 1 aromatic rings. The maximum Gasteiger partial charge on any atom is 0.335 e. The van der Waals surface area contributed by atoms with E-state index < -0.39 is 5.97 Å². The second-order valence-electron chi connectivity index (χ2n) is 4.18. The molecular weight excluding hydrogens is 234 g/mol. The average Bonchev–Trinajstić information content (AvgIpc) is 2.37. The van der Waals surface area contributed by atoms with Gasteiger partial charge < -0.3 is 14.7 Å². The number of amides is 1. The molecule has 0 fully saturated rings. The summed E-state index contributed by atoms with van der Waals surface area (Å²) < 4.78 is 5.30. The van der Waals surface area contributed by atoms with Crippen molar-refractivity contribution in [3.05, 3.63) is 23.8 Å². The average molecular weight is 249 g/mol. The molecule has 18 heavy (non-hydrogen) atoms. The number of aromatic carboxylic acids is 1. The van der Waals surface area contributed by atoms with E-state index in [-0.39, 0.29) is 18.1 Å². The molecule has 1 heterocycles. The Morgan fingerprint density at radius 2 is 2.28 bits per heavy atom. The predicted octanol–water partition coefficient (Wildman–Crippen LogP) is 1.91. The highest BCUT2D eigenvalue weighted by Crippen LogP contribution is 2.33. The first kappa shape index (κ1) is 12.4. The number of carbonyl (C=O) groups excluding carboxylic acids is 1. The van der Waals surface area contributed by atoms with E-state index >= 15 is 0 Å². The molecule has 0 saturated heterocycles. The van der Waals surface area contributed by atoms with Gasteiger partial charge in [-0.15, -0.1) is 0 Å². The van der Waals surface area contributed by atoms with E-state index in [1.807, 2.05) is 6.92 Å². The van der Waals surface area contributed by atoms with Crippen LogP contribution in [0.5, 0.6) is 5.75 Å². The molecule has 0 aliphatic carbocycles. The van der Waals surface area contributed by atoms with Gasteiger partial charge in [0.05, 0.1) is 11.3 Å². The monoisotopic (exact) mass is 249 g/mol. The topological polar surface area (TPSA) is 66.8 Å². The largest absolute Gasteiger partial charge is 0.482 e. The zero-order valence-electron chi connectivity index (χ0n) is 10.2. The first-order valence-corrected chi connectivity index (χ1v) is 5.94. The summed E-state index contributed by atoms with van der Waals surface area (Å²) in [6.45, 7) is 2.65. The Kier molecular flexibility index (Phi) is 3.50. The van der Waals surface area contributed by atoms with Crippen LogP contribution in [0.1, 0.15) is 30.1 Å². The summed E-state index contributed by atoms with van der Waals surface area (Å²) >= 11 is 0. The third-order valence-electron chi connectivity index (χ3n) is 2.88.